The lowest BCUT2D eigenvalue weighted by Gasteiger charge is -2.12. The lowest BCUT2D eigenvalue weighted by atomic mass is 9.98. The minimum Gasteiger partial charge on any atom is -0.456 e. The fraction of sp³-hybridized carbons (Fsp3) is 0. The van der Waals surface area contributed by atoms with Crippen molar-refractivity contribution >= 4 is 54.5 Å². The second-order valence-electron chi connectivity index (χ2n) is 15.3. The molecule has 0 aliphatic rings. The van der Waals surface area contributed by atoms with E-state index < -0.39 is 0 Å². The third-order valence-electron chi connectivity index (χ3n) is 11.6. The minimum absolute atomic E-state index is 0.621. The SMILES string of the molecule is c1ccc(-c2nc(-c3ccccc3)nc(-c3cccc(-n4c5ccccc5c5ccc(-c6ccc7oc8ccc(-c9ccc%10ccccc%10c9)cc8c7c6)cc54)c3)n2)cc1. The van der Waals surface area contributed by atoms with Gasteiger partial charge in [-0.1, -0.05) is 152 Å². The number of para-hydroxylation sites is 1. The topological polar surface area (TPSA) is 56.7 Å². The standard InChI is InChI=1S/C55H34N4O/c1-3-13-36(14-4-1)53-56-54(37-15-5-2-6-16-37)58-55(57-53)43-18-11-19-44(31-43)59-49-21-10-9-20-45(49)46-27-24-42(34-50(46)59)41-26-29-52-48(33-41)47-32-40(25-28-51(47)60-52)39-23-22-35-12-7-8-17-38(35)30-39/h1-34H. The van der Waals surface area contributed by atoms with Gasteiger partial charge in [0, 0.05) is 43.9 Å². The van der Waals surface area contributed by atoms with Crippen LogP contribution in [0.25, 0.3) is 117 Å². The van der Waals surface area contributed by atoms with Gasteiger partial charge in [-0.05, 0) is 87.6 Å². The molecule has 0 aliphatic heterocycles. The zero-order chi connectivity index (χ0) is 39.6. The molecular formula is C55H34N4O. The first kappa shape index (κ1) is 33.9. The van der Waals surface area contributed by atoms with Crippen molar-refractivity contribution in [3.63, 3.8) is 0 Å². The van der Waals surface area contributed by atoms with Gasteiger partial charge in [0.1, 0.15) is 11.2 Å². The molecule has 12 rings (SSSR count). The van der Waals surface area contributed by atoms with E-state index in [0.717, 1.165) is 66.5 Å². The molecule has 9 aromatic carbocycles. The quantitative estimate of drug-likeness (QED) is 0.169. The highest BCUT2D eigenvalue weighted by Crippen LogP contribution is 2.39. The van der Waals surface area contributed by atoms with Crippen molar-refractivity contribution < 1.29 is 4.42 Å². The molecule has 0 bridgehead atoms. The van der Waals surface area contributed by atoms with Crippen LogP contribution >= 0.6 is 0 Å². The van der Waals surface area contributed by atoms with E-state index in [1.165, 1.54) is 32.7 Å². The van der Waals surface area contributed by atoms with Crippen LogP contribution in [0.3, 0.4) is 0 Å². The predicted molar refractivity (Wildman–Crippen MR) is 246 cm³/mol. The van der Waals surface area contributed by atoms with E-state index in [1.807, 2.05) is 60.7 Å². The Labute approximate surface area is 345 Å². The van der Waals surface area contributed by atoms with Crippen molar-refractivity contribution in [2.75, 3.05) is 0 Å². The van der Waals surface area contributed by atoms with Crippen LogP contribution in [0.2, 0.25) is 0 Å². The fourth-order valence-electron chi connectivity index (χ4n) is 8.66. The summed E-state index contributed by atoms with van der Waals surface area (Å²) in [6.45, 7) is 0. The predicted octanol–water partition coefficient (Wildman–Crippen LogP) is 14.4. The Morgan fingerprint density at radius 2 is 0.817 bits per heavy atom. The summed E-state index contributed by atoms with van der Waals surface area (Å²) in [6, 6.07) is 72.4. The molecule has 0 atom stereocenters. The fourth-order valence-corrected chi connectivity index (χ4v) is 8.66. The number of rotatable bonds is 6. The maximum Gasteiger partial charge on any atom is 0.164 e. The van der Waals surface area contributed by atoms with Crippen molar-refractivity contribution in [3.8, 4) is 62.1 Å². The lowest BCUT2D eigenvalue weighted by molar-refractivity contribution is 0.669. The molecule has 0 aliphatic carbocycles. The first-order valence-electron chi connectivity index (χ1n) is 20.2. The zero-order valence-corrected chi connectivity index (χ0v) is 32.3. The Balaban J connectivity index is 0.985. The van der Waals surface area contributed by atoms with Gasteiger partial charge in [-0.25, -0.2) is 15.0 Å². The van der Waals surface area contributed by atoms with E-state index in [4.69, 9.17) is 19.4 Å². The monoisotopic (exact) mass is 766 g/mol. The highest BCUT2D eigenvalue weighted by molar-refractivity contribution is 6.11. The number of hydrogen-bond donors (Lipinski definition) is 0. The van der Waals surface area contributed by atoms with Crippen molar-refractivity contribution in [3.05, 3.63) is 206 Å². The van der Waals surface area contributed by atoms with Crippen molar-refractivity contribution in [2.24, 2.45) is 0 Å². The Morgan fingerprint density at radius 1 is 0.300 bits per heavy atom. The molecule has 0 radical (unpaired) electrons. The van der Waals surface area contributed by atoms with Crippen molar-refractivity contribution in [1.29, 1.82) is 0 Å². The Kier molecular flexibility index (Phi) is 7.78. The molecule has 0 fully saturated rings. The van der Waals surface area contributed by atoms with Crippen LogP contribution in [-0.2, 0) is 0 Å². The van der Waals surface area contributed by atoms with E-state index in [9.17, 15) is 0 Å². The van der Waals surface area contributed by atoms with Crippen molar-refractivity contribution in [2.45, 2.75) is 0 Å². The number of benzene rings is 9. The van der Waals surface area contributed by atoms with E-state index in [1.54, 1.807) is 0 Å². The first-order valence-corrected chi connectivity index (χ1v) is 20.2. The molecule has 0 spiro atoms. The summed E-state index contributed by atoms with van der Waals surface area (Å²) >= 11 is 0. The smallest absolute Gasteiger partial charge is 0.164 e. The van der Waals surface area contributed by atoms with Gasteiger partial charge in [0.05, 0.1) is 11.0 Å². The van der Waals surface area contributed by atoms with Gasteiger partial charge in [-0.3, -0.25) is 0 Å². The number of hydrogen-bond acceptors (Lipinski definition) is 4. The molecule has 0 saturated carbocycles. The molecule has 0 amide bonds. The van der Waals surface area contributed by atoms with Gasteiger partial charge in [-0.2, -0.15) is 0 Å². The second kappa shape index (κ2) is 13.8. The van der Waals surface area contributed by atoms with Gasteiger partial charge in [0.2, 0.25) is 0 Å². The Morgan fingerprint density at radius 3 is 1.52 bits per heavy atom. The zero-order valence-electron chi connectivity index (χ0n) is 32.3. The molecule has 3 heterocycles. The molecule has 0 unspecified atom stereocenters. The number of fused-ring (bicyclic) bond motifs is 7. The summed E-state index contributed by atoms with van der Waals surface area (Å²) in [7, 11) is 0. The molecule has 3 aromatic heterocycles. The average molecular weight is 767 g/mol. The van der Waals surface area contributed by atoms with E-state index in [0.29, 0.717) is 17.5 Å². The maximum atomic E-state index is 6.39. The van der Waals surface area contributed by atoms with Crippen LogP contribution in [0.5, 0.6) is 0 Å². The maximum absolute atomic E-state index is 6.39. The number of furan rings is 1. The normalized spacial score (nSPS) is 11.7. The van der Waals surface area contributed by atoms with Gasteiger partial charge in [0.15, 0.2) is 17.5 Å². The highest BCUT2D eigenvalue weighted by atomic mass is 16.3. The molecule has 5 heteroatoms. The molecule has 12 aromatic rings. The highest BCUT2D eigenvalue weighted by Gasteiger charge is 2.17. The summed E-state index contributed by atoms with van der Waals surface area (Å²) in [4.78, 5) is 15.0. The van der Waals surface area contributed by atoms with Crippen LogP contribution < -0.4 is 0 Å². The van der Waals surface area contributed by atoms with E-state index in [2.05, 4.69) is 150 Å². The van der Waals surface area contributed by atoms with E-state index >= 15 is 0 Å². The second-order valence-corrected chi connectivity index (χ2v) is 15.3. The largest absolute Gasteiger partial charge is 0.456 e. The molecule has 5 nitrogen and oxygen atoms in total. The minimum atomic E-state index is 0.621. The summed E-state index contributed by atoms with van der Waals surface area (Å²) in [5.41, 5.74) is 12.4. The van der Waals surface area contributed by atoms with Crippen LogP contribution in [0.4, 0.5) is 0 Å². The summed E-state index contributed by atoms with van der Waals surface area (Å²) in [5, 5.41) is 7.05. The molecule has 0 N–H and O–H groups in total. The van der Waals surface area contributed by atoms with Crippen LogP contribution in [0.1, 0.15) is 0 Å². The van der Waals surface area contributed by atoms with Gasteiger partial charge in [0.25, 0.3) is 0 Å². The third-order valence-corrected chi connectivity index (χ3v) is 11.6. The van der Waals surface area contributed by atoms with Gasteiger partial charge in [-0.15, -0.1) is 0 Å². The number of aromatic nitrogens is 4. The van der Waals surface area contributed by atoms with Crippen LogP contribution in [-0.4, -0.2) is 19.5 Å². The average Bonchev–Trinajstić information content (AvgIpc) is 3.86. The lowest BCUT2D eigenvalue weighted by Crippen LogP contribution is -2.01. The van der Waals surface area contributed by atoms with Gasteiger partial charge < -0.3 is 8.98 Å². The number of nitrogens with zero attached hydrogens (tertiary/aromatic N) is 4. The Hall–Kier alpha value is -8.15. The summed E-state index contributed by atoms with van der Waals surface area (Å²) in [6.07, 6.45) is 0. The van der Waals surface area contributed by atoms with E-state index in [-0.39, 0.29) is 0 Å². The summed E-state index contributed by atoms with van der Waals surface area (Å²) in [5.74, 6) is 1.90. The first-order chi connectivity index (χ1) is 29.7. The third kappa shape index (κ3) is 5.75. The molecular weight excluding hydrogens is 733 g/mol. The summed E-state index contributed by atoms with van der Waals surface area (Å²) < 4.78 is 8.74. The Bertz CT molecular complexity index is 3550. The van der Waals surface area contributed by atoms with Crippen molar-refractivity contribution in [1.82, 2.24) is 19.5 Å². The molecule has 280 valence electrons. The van der Waals surface area contributed by atoms with Crippen LogP contribution in [0.15, 0.2) is 211 Å². The van der Waals surface area contributed by atoms with Gasteiger partial charge >= 0.3 is 0 Å². The van der Waals surface area contributed by atoms with Crippen LogP contribution in [0, 0.1) is 0 Å². The molecule has 60 heavy (non-hydrogen) atoms. The molecule has 0 saturated heterocycles.